The summed E-state index contributed by atoms with van der Waals surface area (Å²) in [6.07, 6.45) is 0.0158. The zero-order valence-corrected chi connectivity index (χ0v) is 21.1. The van der Waals surface area contributed by atoms with Crippen LogP contribution in [0.15, 0.2) is 77.7 Å². The van der Waals surface area contributed by atoms with Crippen LogP contribution in [0.2, 0.25) is 0 Å². The average Bonchev–Trinajstić information content (AvgIpc) is 3.17. The Labute approximate surface area is 218 Å². The van der Waals surface area contributed by atoms with E-state index in [1.165, 1.54) is 41.3 Å². The number of carbonyl (C=O) groups excluding carboxylic acids is 3. The smallest absolute Gasteiger partial charge is 0.269 e. The summed E-state index contributed by atoms with van der Waals surface area (Å²) < 4.78 is 23.1. The minimum atomic E-state index is -3.87. The Balaban J connectivity index is 1.63. The number of sulfonamides is 1. The van der Waals surface area contributed by atoms with Gasteiger partial charge in [-0.25, -0.2) is 18.5 Å². The van der Waals surface area contributed by atoms with Crippen molar-refractivity contribution in [3.8, 4) is 0 Å². The molecule has 0 aliphatic carbocycles. The lowest BCUT2D eigenvalue weighted by Gasteiger charge is -2.28. The molecule has 0 saturated carbocycles. The standard InChI is InChI=1S/C26H24N4O7S/c1-17-2-8-20(9-3-17)29-24(31)16-23(26(29)33)28(25(32)19-6-10-21(11-7-19)30(34)35)15-14-18-4-12-22(13-5-18)38(27,36)37/h2-13,23H,14-16H2,1H3,(H2,27,36,37). The van der Waals surface area contributed by atoms with Gasteiger partial charge in [0.2, 0.25) is 15.9 Å². The Morgan fingerprint density at radius 3 is 2.18 bits per heavy atom. The summed E-state index contributed by atoms with van der Waals surface area (Å²) in [7, 11) is -3.87. The van der Waals surface area contributed by atoms with E-state index in [4.69, 9.17) is 5.14 Å². The van der Waals surface area contributed by atoms with Crippen molar-refractivity contribution in [3.63, 3.8) is 0 Å². The molecule has 2 N–H and O–H groups in total. The van der Waals surface area contributed by atoms with Crippen LogP contribution in [0, 0.1) is 17.0 Å². The molecule has 0 spiro atoms. The quantitative estimate of drug-likeness (QED) is 0.263. The molecular weight excluding hydrogens is 512 g/mol. The molecule has 3 aromatic carbocycles. The highest BCUT2D eigenvalue weighted by atomic mass is 32.2. The lowest BCUT2D eigenvalue weighted by atomic mass is 10.1. The van der Waals surface area contributed by atoms with Gasteiger partial charge in [0.1, 0.15) is 6.04 Å². The minimum Gasteiger partial charge on any atom is -0.326 e. The van der Waals surface area contributed by atoms with Crippen LogP contribution in [-0.4, -0.2) is 48.5 Å². The number of non-ortho nitro benzene ring substituents is 1. The number of hydrogen-bond acceptors (Lipinski definition) is 7. The van der Waals surface area contributed by atoms with Crippen LogP contribution in [0.5, 0.6) is 0 Å². The molecule has 38 heavy (non-hydrogen) atoms. The Kier molecular flexibility index (Phi) is 7.37. The van der Waals surface area contributed by atoms with E-state index in [1.807, 2.05) is 6.92 Å². The maximum Gasteiger partial charge on any atom is 0.269 e. The molecule has 1 fully saturated rings. The Morgan fingerprint density at radius 2 is 1.63 bits per heavy atom. The molecule has 4 rings (SSSR count). The second-order valence-corrected chi connectivity index (χ2v) is 10.4. The van der Waals surface area contributed by atoms with Crippen molar-refractivity contribution in [2.45, 2.75) is 30.7 Å². The number of carbonyl (C=O) groups is 3. The highest BCUT2D eigenvalue weighted by Gasteiger charge is 2.44. The molecule has 0 aromatic heterocycles. The van der Waals surface area contributed by atoms with Gasteiger partial charge in [-0.3, -0.25) is 24.5 Å². The predicted octanol–water partition coefficient (Wildman–Crippen LogP) is 2.57. The fraction of sp³-hybridized carbons (Fsp3) is 0.192. The number of nitro groups is 1. The first kappa shape index (κ1) is 26.6. The molecule has 1 saturated heterocycles. The number of imide groups is 1. The van der Waals surface area contributed by atoms with Crippen LogP contribution in [0.4, 0.5) is 11.4 Å². The second-order valence-electron chi connectivity index (χ2n) is 8.86. The maximum atomic E-state index is 13.5. The first-order valence-electron chi connectivity index (χ1n) is 11.6. The van der Waals surface area contributed by atoms with E-state index in [-0.39, 0.29) is 35.5 Å². The number of hydrogen-bond donors (Lipinski definition) is 1. The molecule has 0 radical (unpaired) electrons. The van der Waals surface area contributed by atoms with Crippen LogP contribution in [-0.2, 0) is 26.0 Å². The van der Waals surface area contributed by atoms with Crippen LogP contribution in [0.1, 0.15) is 27.9 Å². The van der Waals surface area contributed by atoms with Gasteiger partial charge in [0, 0.05) is 24.2 Å². The van der Waals surface area contributed by atoms with Crippen molar-refractivity contribution >= 4 is 39.1 Å². The van der Waals surface area contributed by atoms with Crippen LogP contribution in [0.3, 0.4) is 0 Å². The van der Waals surface area contributed by atoms with Crippen molar-refractivity contribution < 1.29 is 27.7 Å². The predicted molar refractivity (Wildman–Crippen MR) is 138 cm³/mol. The van der Waals surface area contributed by atoms with Gasteiger partial charge in [-0.15, -0.1) is 0 Å². The van der Waals surface area contributed by atoms with Gasteiger partial charge in [0.15, 0.2) is 0 Å². The number of rotatable bonds is 8. The molecule has 196 valence electrons. The zero-order chi connectivity index (χ0) is 27.6. The monoisotopic (exact) mass is 536 g/mol. The van der Waals surface area contributed by atoms with Gasteiger partial charge in [-0.2, -0.15) is 0 Å². The van der Waals surface area contributed by atoms with Gasteiger partial charge in [-0.1, -0.05) is 29.8 Å². The number of amides is 3. The topological polar surface area (TPSA) is 161 Å². The number of anilines is 1. The van der Waals surface area contributed by atoms with Crippen molar-refractivity contribution in [1.29, 1.82) is 0 Å². The first-order valence-corrected chi connectivity index (χ1v) is 13.1. The summed E-state index contributed by atoms with van der Waals surface area (Å²) >= 11 is 0. The summed E-state index contributed by atoms with van der Waals surface area (Å²) in [4.78, 5) is 52.6. The highest BCUT2D eigenvalue weighted by Crippen LogP contribution is 2.27. The third kappa shape index (κ3) is 5.61. The van der Waals surface area contributed by atoms with E-state index >= 15 is 0 Å². The van der Waals surface area contributed by atoms with Gasteiger partial charge >= 0.3 is 0 Å². The van der Waals surface area contributed by atoms with E-state index in [2.05, 4.69) is 0 Å². The summed E-state index contributed by atoms with van der Waals surface area (Å²) in [5, 5.41) is 16.2. The van der Waals surface area contributed by atoms with Gasteiger partial charge in [0.05, 0.1) is 21.9 Å². The molecule has 1 unspecified atom stereocenters. The summed E-state index contributed by atoms with van der Waals surface area (Å²) in [5.41, 5.74) is 1.95. The Bertz CT molecular complexity index is 1500. The molecule has 1 atom stereocenters. The molecule has 3 aromatic rings. The van der Waals surface area contributed by atoms with Crippen molar-refractivity contribution in [1.82, 2.24) is 4.90 Å². The Hall–Kier alpha value is -4.42. The van der Waals surface area contributed by atoms with E-state index in [9.17, 15) is 32.9 Å². The van der Waals surface area contributed by atoms with Crippen molar-refractivity contribution in [2.75, 3.05) is 11.4 Å². The number of nitro benzene ring substituents is 1. The number of nitrogens with zero attached hydrogens (tertiary/aromatic N) is 3. The van der Waals surface area contributed by atoms with E-state index < -0.39 is 38.7 Å². The number of primary sulfonamides is 1. The average molecular weight is 537 g/mol. The third-order valence-electron chi connectivity index (χ3n) is 6.27. The van der Waals surface area contributed by atoms with Crippen molar-refractivity contribution in [2.24, 2.45) is 5.14 Å². The molecule has 0 bridgehead atoms. The second kappa shape index (κ2) is 10.5. The summed E-state index contributed by atoms with van der Waals surface area (Å²) in [5.74, 6) is -1.58. The van der Waals surface area contributed by atoms with E-state index in [1.54, 1.807) is 36.4 Å². The molecule has 1 heterocycles. The zero-order valence-electron chi connectivity index (χ0n) is 20.3. The van der Waals surface area contributed by atoms with E-state index in [0.29, 0.717) is 11.3 Å². The number of aryl methyl sites for hydroxylation is 1. The molecule has 3 amide bonds. The third-order valence-corrected chi connectivity index (χ3v) is 7.20. The van der Waals surface area contributed by atoms with Crippen LogP contribution in [0.25, 0.3) is 0 Å². The minimum absolute atomic E-state index is 0.0238. The molecule has 1 aliphatic heterocycles. The number of benzene rings is 3. The summed E-state index contributed by atoms with van der Waals surface area (Å²) in [6, 6.07) is 16.5. The van der Waals surface area contributed by atoms with Crippen molar-refractivity contribution in [3.05, 3.63) is 99.6 Å². The number of nitrogens with two attached hydrogens (primary N) is 1. The highest BCUT2D eigenvalue weighted by molar-refractivity contribution is 7.89. The van der Waals surface area contributed by atoms with Gasteiger partial charge in [0.25, 0.3) is 17.5 Å². The largest absolute Gasteiger partial charge is 0.326 e. The first-order chi connectivity index (χ1) is 18.0. The Morgan fingerprint density at radius 1 is 1.03 bits per heavy atom. The molecule has 12 heteroatoms. The van der Waals surface area contributed by atoms with E-state index in [0.717, 1.165) is 10.5 Å². The lowest BCUT2D eigenvalue weighted by Crippen LogP contribution is -2.46. The van der Waals surface area contributed by atoms with Crippen LogP contribution < -0.4 is 10.0 Å². The fourth-order valence-corrected chi connectivity index (χ4v) is 4.73. The molecule has 11 nitrogen and oxygen atoms in total. The maximum absolute atomic E-state index is 13.5. The fourth-order valence-electron chi connectivity index (χ4n) is 4.21. The van der Waals surface area contributed by atoms with Gasteiger partial charge in [-0.05, 0) is 55.3 Å². The summed E-state index contributed by atoms with van der Waals surface area (Å²) in [6.45, 7) is 1.90. The molecular formula is C26H24N4O7S. The van der Waals surface area contributed by atoms with Gasteiger partial charge < -0.3 is 4.90 Å². The van der Waals surface area contributed by atoms with Crippen LogP contribution >= 0.6 is 0 Å². The lowest BCUT2D eigenvalue weighted by molar-refractivity contribution is -0.384. The SMILES string of the molecule is Cc1ccc(N2C(=O)CC(N(CCc3ccc(S(N)(=O)=O)cc3)C(=O)c3ccc([N+](=O)[O-])cc3)C2=O)cc1. The molecule has 1 aliphatic rings. The normalized spacial score (nSPS) is 15.5.